The van der Waals surface area contributed by atoms with E-state index in [2.05, 4.69) is 10.2 Å². The van der Waals surface area contributed by atoms with Gasteiger partial charge in [-0.05, 0) is 7.05 Å². The second-order valence-corrected chi connectivity index (χ2v) is 4.29. The van der Waals surface area contributed by atoms with Crippen LogP contribution in [0.5, 0.6) is 0 Å². The predicted molar refractivity (Wildman–Crippen MR) is 62.6 cm³/mol. The zero-order chi connectivity index (χ0) is 12.7. The van der Waals surface area contributed by atoms with Crippen molar-refractivity contribution in [3.63, 3.8) is 0 Å². The van der Waals surface area contributed by atoms with Gasteiger partial charge in [-0.25, -0.2) is 0 Å². The molecule has 1 amide bonds. The summed E-state index contributed by atoms with van der Waals surface area (Å²) in [7, 11) is 2.05. The van der Waals surface area contributed by atoms with Crippen molar-refractivity contribution in [3.8, 4) is 0 Å². The minimum absolute atomic E-state index is 0.0397. The Hall–Kier alpha value is -1.27. The predicted octanol–water partition coefficient (Wildman–Crippen LogP) is -1.49. The molecular formula is C11H19N3O3. The second-order valence-electron chi connectivity index (χ2n) is 4.29. The Bertz CT molecular complexity index is 275. The molecule has 96 valence electrons. The molecule has 0 aromatic carbocycles. The quantitative estimate of drug-likeness (QED) is 0.574. The van der Waals surface area contributed by atoms with Crippen molar-refractivity contribution in [2.24, 2.45) is 0 Å². The number of likely N-dealkylation sites (N-methyl/N-ethyl adjacent to an activating group) is 1. The van der Waals surface area contributed by atoms with Crippen LogP contribution in [0.3, 0.4) is 0 Å². The maximum absolute atomic E-state index is 11.6. The summed E-state index contributed by atoms with van der Waals surface area (Å²) in [5.41, 5.74) is 0. The van der Waals surface area contributed by atoms with Crippen LogP contribution in [0.15, 0.2) is 0 Å². The van der Waals surface area contributed by atoms with Crippen LogP contribution in [0.4, 0.5) is 0 Å². The van der Waals surface area contributed by atoms with Crippen molar-refractivity contribution >= 4 is 18.5 Å². The van der Waals surface area contributed by atoms with E-state index in [9.17, 15) is 14.4 Å². The molecule has 1 heterocycles. The van der Waals surface area contributed by atoms with Crippen LogP contribution in [-0.2, 0) is 14.4 Å². The number of hydrogen-bond donors (Lipinski definition) is 1. The highest BCUT2D eigenvalue weighted by Gasteiger charge is 2.18. The molecule has 1 fully saturated rings. The number of nitrogens with zero attached hydrogens (tertiary/aromatic N) is 2. The van der Waals surface area contributed by atoms with E-state index in [-0.39, 0.29) is 18.9 Å². The SMILES string of the molecule is CN1CCN(CC(=O)NC(C=O)CC=O)CC1. The summed E-state index contributed by atoms with van der Waals surface area (Å²) in [6.07, 6.45) is 1.27. The number of carbonyl (C=O) groups excluding carboxylic acids is 3. The minimum Gasteiger partial charge on any atom is -0.345 e. The molecule has 1 unspecified atom stereocenters. The molecule has 1 saturated heterocycles. The normalized spacial score (nSPS) is 19.6. The average Bonchev–Trinajstić information content (AvgIpc) is 2.31. The first kappa shape index (κ1) is 13.8. The first-order valence-corrected chi connectivity index (χ1v) is 5.75. The van der Waals surface area contributed by atoms with Gasteiger partial charge in [0, 0.05) is 32.6 Å². The molecule has 1 atom stereocenters. The molecule has 0 aromatic rings. The molecule has 1 rings (SSSR count). The molecule has 1 aliphatic rings. The summed E-state index contributed by atoms with van der Waals surface area (Å²) < 4.78 is 0. The van der Waals surface area contributed by atoms with Crippen molar-refractivity contribution in [1.82, 2.24) is 15.1 Å². The van der Waals surface area contributed by atoms with E-state index in [1.54, 1.807) is 0 Å². The van der Waals surface area contributed by atoms with E-state index in [1.807, 2.05) is 11.9 Å². The van der Waals surface area contributed by atoms with Gasteiger partial charge in [0.25, 0.3) is 0 Å². The van der Waals surface area contributed by atoms with Crippen LogP contribution in [0.1, 0.15) is 6.42 Å². The third-order valence-corrected chi connectivity index (χ3v) is 2.82. The van der Waals surface area contributed by atoms with Crippen molar-refractivity contribution in [1.29, 1.82) is 0 Å². The average molecular weight is 241 g/mol. The second kappa shape index (κ2) is 7.13. The van der Waals surface area contributed by atoms with Crippen molar-refractivity contribution in [2.75, 3.05) is 39.8 Å². The Kier molecular flexibility index (Phi) is 5.79. The molecule has 0 aromatic heterocycles. The lowest BCUT2D eigenvalue weighted by Crippen LogP contribution is -2.49. The molecule has 0 radical (unpaired) electrons. The van der Waals surface area contributed by atoms with Crippen molar-refractivity contribution in [3.05, 3.63) is 0 Å². The first-order valence-electron chi connectivity index (χ1n) is 5.75. The van der Waals surface area contributed by atoms with Crippen LogP contribution >= 0.6 is 0 Å². The maximum atomic E-state index is 11.6. The number of amides is 1. The molecule has 0 spiro atoms. The molecule has 1 N–H and O–H groups in total. The summed E-state index contributed by atoms with van der Waals surface area (Å²) in [4.78, 5) is 36.7. The van der Waals surface area contributed by atoms with Gasteiger partial charge in [-0.3, -0.25) is 9.69 Å². The van der Waals surface area contributed by atoms with E-state index < -0.39 is 6.04 Å². The fourth-order valence-electron chi connectivity index (χ4n) is 1.71. The number of rotatable bonds is 6. The highest BCUT2D eigenvalue weighted by Crippen LogP contribution is 1.98. The summed E-state index contributed by atoms with van der Waals surface area (Å²) in [6, 6.07) is -0.688. The Labute approximate surface area is 101 Å². The van der Waals surface area contributed by atoms with E-state index in [1.165, 1.54) is 0 Å². The summed E-state index contributed by atoms with van der Waals surface area (Å²) in [5.74, 6) is -0.200. The fraction of sp³-hybridized carbons (Fsp3) is 0.727. The van der Waals surface area contributed by atoms with Crippen molar-refractivity contribution in [2.45, 2.75) is 12.5 Å². The first-order chi connectivity index (χ1) is 8.15. The Balaban J connectivity index is 2.28. The Morgan fingerprint density at radius 1 is 1.29 bits per heavy atom. The van der Waals surface area contributed by atoms with Gasteiger partial charge in [-0.2, -0.15) is 0 Å². The molecule has 6 nitrogen and oxygen atoms in total. The van der Waals surface area contributed by atoms with Crippen LogP contribution < -0.4 is 5.32 Å². The van der Waals surface area contributed by atoms with E-state index >= 15 is 0 Å². The van der Waals surface area contributed by atoms with E-state index in [4.69, 9.17) is 0 Å². The number of hydrogen-bond acceptors (Lipinski definition) is 5. The van der Waals surface area contributed by atoms with Gasteiger partial charge >= 0.3 is 0 Å². The van der Waals surface area contributed by atoms with Gasteiger partial charge in [0.1, 0.15) is 12.6 Å². The summed E-state index contributed by atoms with van der Waals surface area (Å²) in [6.45, 7) is 3.88. The Morgan fingerprint density at radius 2 is 1.94 bits per heavy atom. The van der Waals surface area contributed by atoms with Gasteiger partial charge in [0.05, 0.1) is 12.6 Å². The number of carbonyl (C=O) groups is 3. The zero-order valence-electron chi connectivity index (χ0n) is 10.1. The van der Waals surface area contributed by atoms with Gasteiger partial charge in [-0.15, -0.1) is 0 Å². The highest BCUT2D eigenvalue weighted by molar-refractivity contribution is 5.82. The number of aldehydes is 2. The lowest BCUT2D eigenvalue weighted by Gasteiger charge is -2.31. The van der Waals surface area contributed by atoms with Crippen LogP contribution in [0.25, 0.3) is 0 Å². The standard InChI is InChI=1S/C11H19N3O3/c1-13-3-5-14(6-4-13)8-11(17)12-10(9-16)2-7-15/h7,9-10H,2-6,8H2,1H3,(H,12,17). The molecule has 0 aliphatic carbocycles. The molecule has 0 saturated carbocycles. The molecule has 17 heavy (non-hydrogen) atoms. The number of nitrogens with one attached hydrogen (secondary N) is 1. The van der Waals surface area contributed by atoms with Gasteiger partial charge in [0.2, 0.25) is 5.91 Å². The van der Waals surface area contributed by atoms with Crippen LogP contribution in [0.2, 0.25) is 0 Å². The van der Waals surface area contributed by atoms with Crippen molar-refractivity contribution < 1.29 is 14.4 Å². The maximum Gasteiger partial charge on any atom is 0.234 e. The largest absolute Gasteiger partial charge is 0.345 e. The van der Waals surface area contributed by atoms with Gasteiger partial charge in [-0.1, -0.05) is 0 Å². The fourth-order valence-corrected chi connectivity index (χ4v) is 1.71. The topological polar surface area (TPSA) is 69.7 Å². The summed E-state index contributed by atoms with van der Waals surface area (Å²) in [5, 5.41) is 2.53. The molecule has 0 bridgehead atoms. The van der Waals surface area contributed by atoms with Gasteiger partial charge < -0.3 is 19.8 Å². The van der Waals surface area contributed by atoms with E-state index in [0.717, 1.165) is 26.2 Å². The van der Waals surface area contributed by atoms with E-state index in [0.29, 0.717) is 12.6 Å². The van der Waals surface area contributed by atoms with Crippen LogP contribution in [-0.4, -0.2) is 74.1 Å². The highest BCUT2D eigenvalue weighted by atomic mass is 16.2. The molecule has 1 aliphatic heterocycles. The van der Waals surface area contributed by atoms with Crippen LogP contribution in [0, 0.1) is 0 Å². The molecule has 6 heteroatoms. The Morgan fingerprint density at radius 3 is 2.47 bits per heavy atom. The smallest absolute Gasteiger partial charge is 0.234 e. The third-order valence-electron chi connectivity index (χ3n) is 2.82. The zero-order valence-corrected chi connectivity index (χ0v) is 10.1. The minimum atomic E-state index is -0.688. The summed E-state index contributed by atoms with van der Waals surface area (Å²) >= 11 is 0. The molecular weight excluding hydrogens is 222 g/mol. The monoisotopic (exact) mass is 241 g/mol. The van der Waals surface area contributed by atoms with Gasteiger partial charge in [0.15, 0.2) is 0 Å². The number of piperazine rings is 1. The third kappa shape index (κ3) is 5.06. The lowest BCUT2D eigenvalue weighted by molar-refractivity contribution is -0.125. The lowest BCUT2D eigenvalue weighted by atomic mass is 10.2.